The molecule has 0 saturated heterocycles. The Labute approximate surface area is 97.8 Å². The molecule has 1 aliphatic carbocycles. The SMILES string of the molecule is CC1(C)C(N)C(C)(C)C1Oc1ccccc1. The van der Waals surface area contributed by atoms with E-state index in [2.05, 4.69) is 27.7 Å². The second kappa shape index (κ2) is 3.49. The van der Waals surface area contributed by atoms with E-state index in [0.29, 0.717) is 0 Å². The van der Waals surface area contributed by atoms with E-state index in [4.69, 9.17) is 10.5 Å². The fourth-order valence-corrected chi connectivity index (χ4v) is 3.09. The highest BCUT2D eigenvalue weighted by atomic mass is 16.5. The average molecular weight is 219 g/mol. The molecular weight excluding hydrogens is 198 g/mol. The van der Waals surface area contributed by atoms with Crippen LogP contribution < -0.4 is 10.5 Å². The van der Waals surface area contributed by atoms with E-state index in [1.807, 2.05) is 30.3 Å². The summed E-state index contributed by atoms with van der Waals surface area (Å²) in [5.74, 6) is 0.931. The second-order valence-corrected chi connectivity index (χ2v) is 5.93. The van der Waals surface area contributed by atoms with Crippen LogP contribution in [0.5, 0.6) is 5.75 Å². The van der Waals surface area contributed by atoms with Gasteiger partial charge in [0.15, 0.2) is 0 Å². The summed E-state index contributed by atoms with van der Waals surface area (Å²) in [6.07, 6.45) is 0.178. The molecule has 1 aromatic rings. The van der Waals surface area contributed by atoms with Gasteiger partial charge < -0.3 is 10.5 Å². The van der Waals surface area contributed by atoms with Gasteiger partial charge in [-0.3, -0.25) is 0 Å². The highest BCUT2D eigenvalue weighted by Gasteiger charge is 2.61. The van der Waals surface area contributed by atoms with Crippen LogP contribution in [0.15, 0.2) is 30.3 Å². The first-order valence-corrected chi connectivity index (χ1v) is 5.84. The minimum absolute atomic E-state index is 0.0410. The fraction of sp³-hybridized carbons (Fsp3) is 0.571. The summed E-state index contributed by atoms with van der Waals surface area (Å²) in [6, 6.07) is 10.2. The van der Waals surface area contributed by atoms with Gasteiger partial charge in [0, 0.05) is 16.9 Å². The molecule has 0 radical (unpaired) electrons. The summed E-state index contributed by atoms with van der Waals surface area (Å²) in [4.78, 5) is 0. The van der Waals surface area contributed by atoms with Crippen molar-refractivity contribution in [1.82, 2.24) is 0 Å². The van der Waals surface area contributed by atoms with Crippen LogP contribution in [0.25, 0.3) is 0 Å². The Hall–Kier alpha value is -1.02. The Bertz CT molecular complexity index is 354. The molecule has 0 aliphatic heterocycles. The van der Waals surface area contributed by atoms with E-state index in [-0.39, 0.29) is 23.0 Å². The highest BCUT2D eigenvalue weighted by molar-refractivity contribution is 5.24. The summed E-state index contributed by atoms with van der Waals surface area (Å²) < 4.78 is 6.07. The minimum atomic E-state index is 0.0410. The lowest BCUT2D eigenvalue weighted by Gasteiger charge is -2.61. The Balaban J connectivity index is 2.17. The van der Waals surface area contributed by atoms with Gasteiger partial charge in [0.25, 0.3) is 0 Å². The molecule has 1 aromatic carbocycles. The number of para-hydroxylation sites is 1. The van der Waals surface area contributed by atoms with Crippen LogP contribution in [0.4, 0.5) is 0 Å². The number of benzene rings is 1. The van der Waals surface area contributed by atoms with E-state index in [0.717, 1.165) is 5.75 Å². The summed E-state index contributed by atoms with van der Waals surface area (Å²) in [6.45, 7) is 8.71. The predicted octanol–water partition coefficient (Wildman–Crippen LogP) is 2.83. The molecule has 0 aromatic heterocycles. The van der Waals surface area contributed by atoms with Crippen molar-refractivity contribution in [3.05, 3.63) is 30.3 Å². The molecule has 2 nitrogen and oxygen atoms in total. The Morgan fingerprint density at radius 3 is 2.00 bits per heavy atom. The smallest absolute Gasteiger partial charge is 0.119 e. The first-order chi connectivity index (χ1) is 7.37. The van der Waals surface area contributed by atoms with Crippen LogP contribution in [-0.2, 0) is 0 Å². The monoisotopic (exact) mass is 219 g/mol. The molecule has 16 heavy (non-hydrogen) atoms. The maximum atomic E-state index is 6.20. The van der Waals surface area contributed by atoms with Gasteiger partial charge in [-0.2, -0.15) is 0 Å². The van der Waals surface area contributed by atoms with E-state index in [1.165, 1.54) is 0 Å². The second-order valence-electron chi connectivity index (χ2n) is 5.93. The fourth-order valence-electron chi connectivity index (χ4n) is 3.09. The minimum Gasteiger partial charge on any atom is -0.489 e. The average Bonchev–Trinajstić information content (AvgIpc) is 2.26. The third-order valence-corrected chi connectivity index (χ3v) is 3.95. The molecule has 2 rings (SSSR count). The zero-order chi connectivity index (χ0) is 12.0. The van der Waals surface area contributed by atoms with Gasteiger partial charge >= 0.3 is 0 Å². The van der Waals surface area contributed by atoms with Crippen molar-refractivity contribution < 1.29 is 4.74 Å². The molecule has 0 heterocycles. The van der Waals surface area contributed by atoms with Gasteiger partial charge in [-0.15, -0.1) is 0 Å². The third-order valence-electron chi connectivity index (χ3n) is 3.95. The predicted molar refractivity (Wildman–Crippen MR) is 66.4 cm³/mol. The molecule has 0 spiro atoms. The van der Waals surface area contributed by atoms with E-state index in [9.17, 15) is 0 Å². The molecule has 1 saturated carbocycles. The van der Waals surface area contributed by atoms with Crippen LogP contribution in [0.1, 0.15) is 27.7 Å². The molecule has 0 atom stereocenters. The molecule has 88 valence electrons. The zero-order valence-corrected chi connectivity index (χ0v) is 10.5. The Morgan fingerprint density at radius 2 is 1.50 bits per heavy atom. The Kier molecular flexibility index (Phi) is 2.50. The Morgan fingerprint density at radius 1 is 1.00 bits per heavy atom. The molecule has 1 aliphatic rings. The van der Waals surface area contributed by atoms with Crippen molar-refractivity contribution in [1.29, 1.82) is 0 Å². The highest BCUT2D eigenvalue weighted by Crippen LogP contribution is 2.54. The maximum Gasteiger partial charge on any atom is 0.119 e. The van der Waals surface area contributed by atoms with Crippen molar-refractivity contribution in [3.63, 3.8) is 0 Å². The first-order valence-electron chi connectivity index (χ1n) is 5.84. The van der Waals surface area contributed by atoms with Gasteiger partial charge in [-0.05, 0) is 12.1 Å². The van der Waals surface area contributed by atoms with Crippen molar-refractivity contribution in [2.75, 3.05) is 0 Å². The van der Waals surface area contributed by atoms with Crippen LogP contribution in [0.3, 0.4) is 0 Å². The topological polar surface area (TPSA) is 35.2 Å². The normalized spacial score (nSPS) is 30.6. The molecular formula is C14H21NO. The van der Waals surface area contributed by atoms with Crippen molar-refractivity contribution >= 4 is 0 Å². The van der Waals surface area contributed by atoms with Crippen LogP contribution >= 0.6 is 0 Å². The standard InChI is InChI=1S/C14H21NO/c1-13(2)11(15)14(3,4)12(13)16-10-8-6-5-7-9-10/h5-9,11-12H,15H2,1-4H3. The quantitative estimate of drug-likeness (QED) is 0.830. The molecule has 0 unspecified atom stereocenters. The van der Waals surface area contributed by atoms with E-state index >= 15 is 0 Å². The third kappa shape index (κ3) is 1.52. The number of nitrogens with two attached hydrogens (primary N) is 1. The lowest BCUT2D eigenvalue weighted by molar-refractivity contribution is -0.155. The lowest BCUT2D eigenvalue weighted by Crippen LogP contribution is -2.72. The molecule has 0 bridgehead atoms. The largest absolute Gasteiger partial charge is 0.489 e. The molecule has 2 N–H and O–H groups in total. The summed E-state index contributed by atoms with van der Waals surface area (Å²) >= 11 is 0. The number of hydrogen-bond acceptors (Lipinski definition) is 2. The summed E-state index contributed by atoms with van der Waals surface area (Å²) in [5.41, 5.74) is 6.28. The van der Waals surface area contributed by atoms with Crippen LogP contribution in [0.2, 0.25) is 0 Å². The molecule has 0 amide bonds. The van der Waals surface area contributed by atoms with Gasteiger partial charge in [0.05, 0.1) is 0 Å². The lowest BCUT2D eigenvalue weighted by atomic mass is 9.50. The van der Waals surface area contributed by atoms with Crippen molar-refractivity contribution in [2.24, 2.45) is 16.6 Å². The summed E-state index contributed by atoms with van der Waals surface area (Å²) in [5, 5.41) is 0. The van der Waals surface area contributed by atoms with Crippen molar-refractivity contribution in [3.8, 4) is 5.75 Å². The van der Waals surface area contributed by atoms with E-state index < -0.39 is 0 Å². The number of hydrogen-bond donors (Lipinski definition) is 1. The zero-order valence-electron chi connectivity index (χ0n) is 10.5. The summed E-state index contributed by atoms with van der Waals surface area (Å²) in [7, 11) is 0. The van der Waals surface area contributed by atoms with Gasteiger partial charge in [-0.25, -0.2) is 0 Å². The first kappa shape index (κ1) is 11.5. The van der Waals surface area contributed by atoms with Gasteiger partial charge in [-0.1, -0.05) is 45.9 Å². The number of ether oxygens (including phenoxy) is 1. The van der Waals surface area contributed by atoms with Crippen LogP contribution in [-0.4, -0.2) is 12.1 Å². The molecule has 2 heteroatoms. The van der Waals surface area contributed by atoms with Crippen molar-refractivity contribution in [2.45, 2.75) is 39.8 Å². The number of rotatable bonds is 2. The van der Waals surface area contributed by atoms with E-state index in [1.54, 1.807) is 0 Å². The van der Waals surface area contributed by atoms with Gasteiger partial charge in [0.1, 0.15) is 11.9 Å². The molecule has 1 fully saturated rings. The van der Waals surface area contributed by atoms with Gasteiger partial charge in [0.2, 0.25) is 0 Å². The maximum absolute atomic E-state index is 6.20. The van der Waals surface area contributed by atoms with Crippen LogP contribution in [0, 0.1) is 10.8 Å².